The van der Waals surface area contributed by atoms with Gasteiger partial charge in [0.05, 0.1) is 6.04 Å². The van der Waals surface area contributed by atoms with Gasteiger partial charge in [0.2, 0.25) is 0 Å². The normalized spacial score (nSPS) is 20.7. The number of hydrogen-bond acceptors (Lipinski definition) is 3. The number of amides is 1. The van der Waals surface area contributed by atoms with Crippen molar-refractivity contribution in [2.24, 2.45) is 0 Å². The fourth-order valence-electron chi connectivity index (χ4n) is 2.95. The lowest BCUT2D eigenvalue weighted by Gasteiger charge is -2.35. The van der Waals surface area contributed by atoms with Crippen molar-refractivity contribution in [3.63, 3.8) is 0 Å². The van der Waals surface area contributed by atoms with E-state index in [0.29, 0.717) is 0 Å². The maximum absolute atomic E-state index is 12.3. The molecule has 4 nitrogen and oxygen atoms in total. The Bertz CT molecular complexity index is 554. The molecule has 2 N–H and O–H groups in total. The molecule has 0 fully saturated rings. The topological polar surface area (TPSA) is 50.4 Å². The number of hydrogen-bond donors (Lipinski definition) is 2. The van der Waals surface area contributed by atoms with Crippen LogP contribution in [0.4, 0.5) is 4.79 Å². The molecule has 1 aromatic carbocycles. The largest absolute Gasteiger partial charge is 0.444 e. The molecule has 1 aliphatic carbocycles. The number of rotatable bonds is 4. The fourth-order valence-corrected chi connectivity index (χ4v) is 3.36. The zero-order valence-corrected chi connectivity index (χ0v) is 16.0. The van der Waals surface area contributed by atoms with Crippen molar-refractivity contribution in [3.8, 4) is 0 Å². The molecule has 5 heteroatoms. The molecule has 0 aliphatic heterocycles. The minimum atomic E-state index is -0.492. The zero-order chi connectivity index (χ0) is 17.0. The Morgan fingerprint density at radius 3 is 2.78 bits per heavy atom. The number of alkyl carbamates (subject to hydrolysis) is 1. The van der Waals surface area contributed by atoms with E-state index in [1.165, 1.54) is 11.1 Å². The first-order chi connectivity index (χ1) is 10.8. The van der Waals surface area contributed by atoms with Crippen molar-refractivity contribution >= 4 is 22.0 Å². The predicted molar refractivity (Wildman–Crippen MR) is 96.7 cm³/mol. The van der Waals surface area contributed by atoms with E-state index in [2.05, 4.69) is 45.6 Å². The standard InChI is InChI=1S/C18H27BrN2O2/c1-5-10-20-15-9-6-12-11-13(19)7-8-14(12)16(15)21-17(22)23-18(2,3)4/h7-8,11,15-16,20H,5-6,9-10H2,1-4H3,(H,21,22)/t15?,16-/m1/s1. The van der Waals surface area contributed by atoms with Gasteiger partial charge in [0, 0.05) is 10.5 Å². The SMILES string of the molecule is CCCNC1CCc2cc(Br)ccc2[C@H]1NC(=O)OC(C)(C)C. The number of ether oxygens (including phenoxy) is 1. The maximum Gasteiger partial charge on any atom is 0.408 e. The molecular formula is C18H27BrN2O2. The molecule has 0 aromatic heterocycles. The van der Waals surface area contributed by atoms with Gasteiger partial charge in [-0.1, -0.05) is 28.9 Å². The van der Waals surface area contributed by atoms with Crippen LogP contribution in [0.3, 0.4) is 0 Å². The monoisotopic (exact) mass is 382 g/mol. The van der Waals surface area contributed by atoms with Crippen LogP contribution < -0.4 is 10.6 Å². The van der Waals surface area contributed by atoms with Crippen LogP contribution >= 0.6 is 15.9 Å². The van der Waals surface area contributed by atoms with Crippen molar-refractivity contribution in [2.75, 3.05) is 6.54 Å². The molecular weight excluding hydrogens is 356 g/mol. The summed E-state index contributed by atoms with van der Waals surface area (Å²) in [6.45, 7) is 8.74. The first-order valence-corrected chi connectivity index (χ1v) is 9.10. The van der Waals surface area contributed by atoms with Crippen LogP contribution in [0.15, 0.2) is 22.7 Å². The van der Waals surface area contributed by atoms with E-state index in [1.54, 1.807) is 0 Å². The molecule has 0 spiro atoms. The highest BCUT2D eigenvalue weighted by molar-refractivity contribution is 9.10. The number of aryl methyl sites for hydroxylation is 1. The molecule has 1 unspecified atom stereocenters. The Morgan fingerprint density at radius 1 is 1.39 bits per heavy atom. The Kier molecular flexibility index (Phi) is 6.09. The third-order valence-corrected chi connectivity index (χ3v) is 4.39. The van der Waals surface area contributed by atoms with Gasteiger partial charge in [-0.2, -0.15) is 0 Å². The zero-order valence-electron chi connectivity index (χ0n) is 14.4. The van der Waals surface area contributed by atoms with Crippen molar-refractivity contribution < 1.29 is 9.53 Å². The summed E-state index contributed by atoms with van der Waals surface area (Å²) < 4.78 is 6.52. The van der Waals surface area contributed by atoms with Crippen LogP contribution in [0.25, 0.3) is 0 Å². The highest BCUT2D eigenvalue weighted by atomic mass is 79.9. The summed E-state index contributed by atoms with van der Waals surface area (Å²) >= 11 is 3.53. The van der Waals surface area contributed by atoms with E-state index < -0.39 is 5.60 Å². The number of fused-ring (bicyclic) bond motifs is 1. The summed E-state index contributed by atoms with van der Waals surface area (Å²) in [7, 11) is 0. The maximum atomic E-state index is 12.3. The van der Waals surface area contributed by atoms with Gasteiger partial charge < -0.3 is 15.4 Å². The number of halogens is 1. The average molecular weight is 383 g/mol. The van der Waals surface area contributed by atoms with Crippen LogP contribution in [-0.4, -0.2) is 24.3 Å². The first-order valence-electron chi connectivity index (χ1n) is 8.31. The molecule has 2 atom stereocenters. The van der Waals surface area contributed by atoms with Crippen LogP contribution in [0.2, 0.25) is 0 Å². The van der Waals surface area contributed by atoms with E-state index in [-0.39, 0.29) is 18.2 Å². The van der Waals surface area contributed by atoms with Crippen LogP contribution in [0.1, 0.15) is 57.7 Å². The molecule has 1 aliphatic rings. The van der Waals surface area contributed by atoms with E-state index in [1.807, 2.05) is 26.8 Å². The molecule has 1 aromatic rings. The summed E-state index contributed by atoms with van der Waals surface area (Å²) in [6.07, 6.45) is 2.73. The number of carbonyl (C=O) groups is 1. The Morgan fingerprint density at radius 2 is 2.13 bits per heavy atom. The van der Waals surface area contributed by atoms with Gasteiger partial charge in [-0.15, -0.1) is 0 Å². The molecule has 0 saturated heterocycles. The summed E-state index contributed by atoms with van der Waals surface area (Å²) in [5.41, 5.74) is 1.97. The minimum absolute atomic E-state index is 0.0618. The van der Waals surface area contributed by atoms with Gasteiger partial charge in [-0.25, -0.2) is 4.79 Å². The lowest BCUT2D eigenvalue weighted by Crippen LogP contribution is -2.47. The third kappa shape index (κ3) is 5.21. The van der Waals surface area contributed by atoms with Gasteiger partial charge in [0.15, 0.2) is 0 Å². The van der Waals surface area contributed by atoms with Crippen molar-refractivity contribution in [1.82, 2.24) is 10.6 Å². The molecule has 1 amide bonds. The summed E-state index contributed by atoms with van der Waals surface area (Å²) in [5, 5.41) is 6.63. The number of benzene rings is 1. The molecule has 0 radical (unpaired) electrons. The third-order valence-electron chi connectivity index (χ3n) is 3.90. The highest BCUT2D eigenvalue weighted by Gasteiger charge is 2.31. The van der Waals surface area contributed by atoms with E-state index in [0.717, 1.165) is 30.3 Å². The van der Waals surface area contributed by atoms with Crippen LogP contribution in [0, 0.1) is 0 Å². The van der Waals surface area contributed by atoms with Crippen LogP contribution in [0.5, 0.6) is 0 Å². The molecule has 128 valence electrons. The Labute approximate surface area is 147 Å². The van der Waals surface area contributed by atoms with Crippen molar-refractivity contribution in [1.29, 1.82) is 0 Å². The molecule has 2 rings (SSSR count). The van der Waals surface area contributed by atoms with Gasteiger partial charge >= 0.3 is 6.09 Å². The Hall–Kier alpha value is -1.07. The van der Waals surface area contributed by atoms with E-state index >= 15 is 0 Å². The molecule has 23 heavy (non-hydrogen) atoms. The lowest BCUT2D eigenvalue weighted by atomic mass is 9.84. The number of nitrogens with one attached hydrogen (secondary N) is 2. The second kappa shape index (κ2) is 7.67. The van der Waals surface area contributed by atoms with E-state index in [4.69, 9.17) is 4.74 Å². The average Bonchev–Trinajstić information content (AvgIpc) is 2.44. The van der Waals surface area contributed by atoms with Gasteiger partial charge in [0.1, 0.15) is 5.60 Å². The highest BCUT2D eigenvalue weighted by Crippen LogP contribution is 2.32. The second-order valence-electron chi connectivity index (χ2n) is 7.07. The smallest absolute Gasteiger partial charge is 0.408 e. The predicted octanol–water partition coefficient (Wildman–Crippen LogP) is 4.33. The molecule has 0 heterocycles. The molecule has 0 saturated carbocycles. The van der Waals surface area contributed by atoms with Gasteiger partial charge in [0.25, 0.3) is 0 Å². The summed E-state index contributed by atoms with van der Waals surface area (Å²) in [4.78, 5) is 12.3. The first kappa shape index (κ1) is 18.3. The lowest BCUT2D eigenvalue weighted by molar-refractivity contribution is 0.0487. The summed E-state index contributed by atoms with van der Waals surface area (Å²) in [6, 6.07) is 6.45. The second-order valence-corrected chi connectivity index (χ2v) is 7.98. The van der Waals surface area contributed by atoms with Crippen LogP contribution in [-0.2, 0) is 11.2 Å². The van der Waals surface area contributed by atoms with Crippen molar-refractivity contribution in [3.05, 3.63) is 33.8 Å². The minimum Gasteiger partial charge on any atom is -0.444 e. The van der Waals surface area contributed by atoms with Crippen molar-refractivity contribution in [2.45, 2.75) is 64.6 Å². The van der Waals surface area contributed by atoms with Gasteiger partial charge in [-0.3, -0.25) is 0 Å². The number of carbonyl (C=O) groups excluding carboxylic acids is 1. The summed E-state index contributed by atoms with van der Waals surface area (Å²) in [5.74, 6) is 0. The molecule has 0 bridgehead atoms. The Balaban J connectivity index is 2.20. The van der Waals surface area contributed by atoms with E-state index in [9.17, 15) is 4.79 Å². The van der Waals surface area contributed by atoms with Gasteiger partial charge in [-0.05, 0) is 69.8 Å². The fraction of sp³-hybridized carbons (Fsp3) is 0.611. The quantitative estimate of drug-likeness (QED) is 0.814.